The first kappa shape index (κ1) is 23.3. The molecular formula is C24H28N2O6. The smallest absolute Gasteiger partial charge is 0.407 e. The van der Waals surface area contributed by atoms with Gasteiger partial charge in [0, 0.05) is 12.5 Å². The van der Waals surface area contributed by atoms with Gasteiger partial charge in [0.05, 0.1) is 12.0 Å². The number of aliphatic carboxylic acids is 1. The number of hydrogen-bond acceptors (Lipinski definition) is 5. The number of nitrogens with one attached hydrogen (secondary N) is 2. The predicted molar refractivity (Wildman–Crippen MR) is 118 cm³/mol. The van der Waals surface area contributed by atoms with E-state index < -0.39 is 36.0 Å². The molecule has 2 amide bonds. The number of ether oxygens (including phenoxy) is 1. The fraction of sp³-hybridized carbons (Fsp3) is 0.375. The van der Waals surface area contributed by atoms with Gasteiger partial charge >= 0.3 is 12.1 Å². The van der Waals surface area contributed by atoms with E-state index in [4.69, 9.17) is 14.9 Å². The molecule has 8 heteroatoms. The standard InChI is InChI=1S/C24H28N2O6/c1-3-24(2,22(30)26-20(12-27)21(28)29)14-25-23(31)32-13-19-17-10-6-4-8-15(17)16-9-5-7-11-18(16)19/h4-11,19-20,27H,3,12-14H2,1-2H3,(H,25,31)(H,26,30)(H,28,29). The molecule has 0 saturated heterocycles. The van der Waals surface area contributed by atoms with E-state index in [1.807, 2.05) is 36.4 Å². The molecule has 8 nitrogen and oxygen atoms in total. The number of rotatable bonds is 9. The SMILES string of the molecule is CCC(C)(CNC(=O)OCC1c2ccccc2-c2ccccc21)C(=O)NC(CO)C(=O)O. The fourth-order valence-corrected chi connectivity index (χ4v) is 3.80. The summed E-state index contributed by atoms with van der Waals surface area (Å²) in [6, 6.07) is 14.6. The van der Waals surface area contributed by atoms with E-state index in [1.165, 1.54) is 0 Å². The third-order valence-electron chi connectivity index (χ3n) is 6.08. The second kappa shape index (κ2) is 9.82. The van der Waals surface area contributed by atoms with Crippen molar-refractivity contribution < 1.29 is 29.3 Å². The fourth-order valence-electron chi connectivity index (χ4n) is 3.80. The number of carbonyl (C=O) groups excluding carboxylic acids is 2. The van der Waals surface area contributed by atoms with Crippen LogP contribution in [-0.2, 0) is 14.3 Å². The van der Waals surface area contributed by atoms with Crippen LogP contribution < -0.4 is 10.6 Å². The highest BCUT2D eigenvalue weighted by molar-refractivity contribution is 5.87. The topological polar surface area (TPSA) is 125 Å². The molecule has 0 spiro atoms. The molecule has 3 rings (SSSR count). The minimum absolute atomic E-state index is 0.0379. The van der Waals surface area contributed by atoms with Crippen molar-refractivity contribution in [2.75, 3.05) is 19.8 Å². The van der Waals surface area contributed by atoms with Gasteiger partial charge in [-0.3, -0.25) is 4.79 Å². The Morgan fingerprint density at radius 2 is 1.62 bits per heavy atom. The van der Waals surface area contributed by atoms with Gasteiger partial charge in [0.1, 0.15) is 12.6 Å². The molecule has 0 bridgehead atoms. The van der Waals surface area contributed by atoms with Crippen LogP contribution in [-0.4, -0.2) is 54.0 Å². The zero-order valence-electron chi connectivity index (χ0n) is 18.1. The van der Waals surface area contributed by atoms with Crippen molar-refractivity contribution in [3.05, 3.63) is 59.7 Å². The molecule has 1 aliphatic rings. The molecule has 2 atom stereocenters. The Morgan fingerprint density at radius 3 is 2.12 bits per heavy atom. The van der Waals surface area contributed by atoms with E-state index in [1.54, 1.807) is 13.8 Å². The molecule has 0 fully saturated rings. The molecule has 0 radical (unpaired) electrons. The van der Waals surface area contributed by atoms with E-state index in [0.717, 1.165) is 22.3 Å². The van der Waals surface area contributed by atoms with Crippen molar-refractivity contribution in [3.8, 4) is 11.1 Å². The lowest BCUT2D eigenvalue weighted by molar-refractivity contribution is -0.144. The zero-order chi connectivity index (χ0) is 23.3. The molecular weight excluding hydrogens is 412 g/mol. The maximum Gasteiger partial charge on any atom is 0.407 e. The lowest BCUT2D eigenvalue weighted by Gasteiger charge is -2.28. The molecule has 0 aromatic heterocycles. The van der Waals surface area contributed by atoms with Crippen LogP contribution in [0.5, 0.6) is 0 Å². The molecule has 0 saturated carbocycles. The van der Waals surface area contributed by atoms with Gasteiger partial charge in [-0.25, -0.2) is 9.59 Å². The van der Waals surface area contributed by atoms with Gasteiger partial charge in [-0.15, -0.1) is 0 Å². The maximum atomic E-state index is 12.5. The number of aliphatic hydroxyl groups excluding tert-OH is 1. The van der Waals surface area contributed by atoms with Gasteiger partial charge in [-0.2, -0.15) is 0 Å². The average Bonchev–Trinajstić information content (AvgIpc) is 3.13. The Labute approximate surface area is 186 Å². The largest absolute Gasteiger partial charge is 0.480 e. The van der Waals surface area contributed by atoms with E-state index in [9.17, 15) is 14.4 Å². The van der Waals surface area contributed by atoms with Crippen LogP contribution in [0.4, 0.5) is 4.79 Å². The number of benzene rings is 2. The number of carboxylic acids is 1. The van der Waals surface area contributed by atoms with Crippen molar-refractivity contribution in [1.29, 1.82) is 0 Å². The highest BCUT2D eigenvalue weighted by Crippen LogP contribution is 2.44. The number of alkyl carbamates (subject to hydrolysis) is 1. The van der Waals surface area contributed by atoms with Gasteiger partial charge in [-0.05, 0) is 35.6 Å². The van der Waals surface area contributed by atoms with Gasteiger partial charge in [0.15, 0.2) is 0 Å². The Morgan fingerprint density at radius 1 is 1.06 bits per heavy atom. The van der Waals surface area contributed by atoms with Crippen LogP contribution in [0.15, 0.2) is 48.5 Å². The Hall–Kier alpha value is -3.39. The third kappa shape index (κ3) is 4.75. The van der Waals surface area contributed by atoms with Crippen molar-refractivity contribution in [1.82, 2.24) is 10.6 Å². The summed E-state index contributed by atoms with van der Waals surface area (Å²) in [4.78, 5) is 36.0. The number of carboxylic acid groups (broad SMARTS) is 1. The molecule has 1 aliphatic carbocycles. The monoisotopic (exact) mass is 440 g/mol. The summed E-state index contributed by atoms with van der Waals surface area (Å²) in [5.74, 6) is -1.97. The molecule has 2 aromatic rings. The van der Waals surface area contributed by atoms with Crippen molar-refractivity contribution in [3.63, 3.8) is 0 Å². The van der Waals surface area contributed by atoms with Crippen molar-refractivity contribution in [2.45, 2.75) is 32.2 Å². The zero-order valence-corrected chi connectivity index (χ0v) is 18.1. The first-order chi connectivity index (χ1) is 15.3. The molecule has 0 aliphatic heterocycles. The Bertz CT molecular complexity index is 962. The van der Waals surface area contributed by atoms with Crippen LogP contribution >= 0.6 is 0 Å². The highest BCUT2D eigenvalue weighted by Gasteiger charge is 2.35. The van der Waals surface area contributed by atoms with E-state index in [2.05, 4.69) is 22.8 Å². The van der Waals surface area contributed by atoms with Gasteiger partial charge in [0.25, 0.3) is 0 Å². The number of hydrogen-bond donors (Lipinski definition) is 4. The van der Waals surface area contributed by atoms with Crippen LogP contribution in [0.2, 0.25) is 0 Å². The number of carbonyl (C=O) groups is 3. The second-order valence-corrected chi connectivity index (χ2v) is 8.14. The lowest BCUT2D eigenvalue weighted by Crippen LogP contribution is -2.52. The minimum atomic E-state index is -1.40. The maximum absolute atomic E-state index is 12.5. The summed E-state index contributed by atoms with van der Waals surface area (Å²) in [7, 11) is 0. The summed E-state index contributed by atoms with van der Waals surface area (Å²) < 4.78 is 5.48. The van der Waals surface area contributed by atoms with Gasteiger partial charge in [-0.1, -0.05) is 55.5 Å². The first-order valence-corrected chi connectivity index (χ1v) is 10.5. The predicted octanol–water partition coefficient (Wildman–Crippen LogP) is 2.50. The number of aliphatic hydroxyl groups is 1. The third-order valence-corrected chi connectivity index (χ3v) is 6.08. The summed E-state index contributed by atoms with van der Waals surface area (Å²) in [6.07, 6.45) is -0.309. The van der Waals surface area contributed by atoms with Crippen LogP contribution in [0.1, 0.15) is 37.3 Å². The molecule has 4 N–H and O–H groups in total. The van der Waals surface area contributed by atoms with Crippen LogP contribution in [0.25, 0.3) is 11.1 Å². The van der Waals surface area contributed by atoms with Crippen molar-refractivity contribution >= 4 is 18.0 Å². The Kier molecular flexibility index (Phi) is 7.15. The van der Waals surface area contributed by atoms with Gasteiger partial charge in [0.2, 0.25) is 5.91 Å². The summed E-state index contributed by atoms with van der Waals surface area (Å²) in [6.45, 7) is 2.76. The quantitative estimate of drug-likeness (QED) is 0.475. The lowest BCUT2D eigenvalue weighted by atomic mass is 9.86. The highest BCUT2D eigenvalue weighted by atomic mass is 16.5. The summed E-state index contributed by atoms with van der Waals surface area (Å²) >= 11 is 0. The average molecular weight is 440 g/mol. The van der Waals surface area contributed by atoms with Crippen LogP contribution in [0, 0.1) is 5.41 Å². The minimum Gasteiger partial charge on any atom is -0.480 e. The number of amides is 2. The van der Waals surface area contributed by atoms with Gasteiger partial charge < -0.3 is 25.6 Å². The normalized spacial score (nSPS) is 15.1. The molecule has 170 valence electrons. The second-order valence-electron chi connectivity index (χ2n) is 8.14. The Balaban J connectivity index is 1.60. The molecule has 2 unspecified atom stereocenters. The summed E-state index contributed by atoms with van der Waals surface area (Å²) in [5.41, 5.74) is 3.40. The van der Waals surface area contributed by atoms with E-state index in [0.29, 0.717) is 6.42 Å². The molecule has 0 heterocycles. The first-order valence-electron chi connectivity index (χ1n) is 10.5. The number of fused-ring (bicyclic) bond motifs is 3. The van der Waals surface area contributed by atoms with Crippen LogP contribution in [0.3, 0.4) is 0 Å². The molecule has 2 aromatic carbocycles. The van der Waals surface area contributed by atoms with E-state index in [-0.39, 0.29) is 19.1 Å². The van der Waals surface area contributed by atoms with E-state index >= 15 is 0 Å². The molecule has 32 heavy (non-hydrogen) atoms. The van der Waals surface area contributed by atoms with Crippen molar-refractivity contribution in [2.24, 2.45) is 5.41 Å². The summed E-state index contributed by atoms with van der Waals surface area (Å²) in [5, 5.41) is 23.1.